The quantitative estimate of drug-likeness (QED) is 0.724. The Balaban J connectivity index is 2.05. The minimum absolute atomic E-state index is 0.0804. The van der Waals surface area contributed by atoms with Gasteiger partial charge in [0.1, 0.15) is 28.5 Å². The van der Waals surface area contributed by atoms with E-state index in [9.17, 15) is 8.78 Å². The number of rotatable bonds is 3. The number of nitrogens with one attached hydrogen (secondary N) is 1. The molecule has 0 unspecified atom stereocenters. The molecule has 3 aromatic rings. The number of H-pyrrole nitrogens is 1. The number of hydrogen-bond donors (Lipinski definition) is 2. The Morgan fingerprint density at radius 2 is 1.90 bits per heavy atom. The van der Waals surface area contributed by atoms with Crippen molar-refractivity contribution in [2.75, 3.05) is 0 Å². The second kappa shape index (κ2) is 5.14. The van der Waals surface area contributed by atoms with Gasteiger partial charge in [0.15, 0.2) is 5.65 Å². The lowest BCUT2D eigenvalue weighted by Crippen LogP contribution is -2.00. The molecule has 5 nitrogen and oxygen atoms in total. The third kappa shape index (κ3) is 2.23. The second-order valence-corrected chi connectivity index (χ2v) is 4.97. The molecular weight excluding hydrogens is 284 g/mol. The first-order valence-corrected chi connectivity index (χ1v) is 6.50. The Bertz CT molecular complexity index is 750. The maximum Gasteiger partial charge on any atom is 0.181 e. The number of halogens is 2. The van der Waals surface area contributed by atoms with E-state index in [0.717, 1.165) is 11.8 Å². The van der Waals surface area contributed by atoms with E-state index in [2.05, 4.69) is 19.9 Å². The van der Waals surface area contributed by atoms with Crippen LogP contribution >= 0.6 is 11.8 Å². The van der Waals surface area contributed by atoms with E-state index in [4.69, 9.17) is 5.73 Å². The van der Waals surface area contributed by atoms with E-state index in [-0.39, 0.29) is 11.4 Å². The fourth-order valence-corrected chi connectivity index (χ4v) is 2.60. The largest absolute Gasteiger partial charge is 0.341 e. The first-order valence-electron chi connectivity index (χ1n) is 5.69. The number of fused-ring (bicyclic) bond motifs is 1. The number of hydrogen-bond acceptors (Lipinski definition) is 5. The van der Waals surface area contributed by atoms with Crippen LogP contribution in [0.2, 0.25) is 0 Å². The Hall–Kier alpha value is -2.06. The van der Waals surface area contributed by atoms with Crippen LogP contribution in [0.15, 0.2) is 34.7 Å². The molecule has 3 rings (SSSR count). The SMILES string of the molecule is NCc1cc(F)c(Sc2ncnc3nc[nH]c23)c(F)c1. The number of imidazole rings is 1. The van der Waals surface area contributed by atoms with Gasteiger partial charge in [-0.3, -0.25) is 0 Å². The molecule has 102 valence electrons. The van der Waals surface area contributed by atoms with Gasteiger partial charge in [0.05, 0.1) is 11.2 Å². The highest BCUT2D eigenvalue weighted by Crippen LogP contribution is 2.33. The van der Waals surface area contributed by atoms with Gasteiger partial charge in [-0.2, -0.15) is 0 Å². The molecule has 0 bridgehead atoms. The third-order valence-electron chi connectivity index (χ3n) is 2.68. The van der Waals surface area contributed by atoms with Crippen LogP contribution in [0.4, 0.5) is 8.78 Å². The minimum Gasteiger partial charge on any atom is -0.341 e. The van der Waals surface area contributed by atoms with Crippen molar-refractivity contribution in [1.29, 1.82) is 0 Å². The van der Waals surface area contributed by atoms with Gasteiger partial charge in [0, 0.05) is 6.54 Å². The zero-order chi connectivity index (χ0) is 14.1. The summed E-state index contributed by atoms with van der Waals surface area (Å²) in [7, 11) is 0. The van der Waals surface area contributed by atoms with Crippen molar-refractivity contribution in [2.24, 2.45) is 5.73 Å². The lowest BCUT2D eigenvalue weighted by atomic mass is 10.2. The van der Waals surface area contributed by atoms with E-state index in [1.165, 1.54) is 24.8 Å². The summed E-state index contributed by atoms with van der Waals surface area (Å²) in [5.74, 6) is -1.33. The molecule has 2 heterocycles. The van der Waals surface area contributed by atoms with Gasteiger partial charge < -0.3 is 10.7 Å². The zero-order valence-electron chi connectivity index (χ0n) is 10.1. The van der Waals surface area contributed by atoms with Crippen molar-refractivity contribution in [3.63, 3.8) is 0 Å². The van der Waals surface area contributed by atoms with Crippen molar-refractivity contribution < 1.29 is 8.78 Å². The number of aromatic amines is 1. The molecule has 0 aliphatic rings. The van der Waals surface area contributed by atoms with Gasteiger partial charge in [-0.25, -0.2) is 23.7 Å². The summed E-state index contributed by atoms with van der Waals surface area (Å²) in [5.41, 5.74) is 6.77. The van der Waals surface area contributed by atoms with Crippen LogP contribution in [0.1, 0.15) is 5.56 Å². The molecule has 20 heavy (non-hydrogen) atoms. The molecule has 0 saturated carbocycles. The van der Waals surface area contributed by atoms with Gasteiger partial charge in [-0.05, 0) is 17.7 Å². The third-order valence-corrected chi connectivity index (χ3v) is 3.78. The van der Waals surface area contributed by atoms with Crippen LogP contribution in [-0.4, -0.2) is 19.9 Å². The van der Waals surface area contributed by atoms with Crippen LogP contribution in [0.3, 0.4) is 0 Å². The van der Waals surface area contributed by atoms with E-state index in [1.807, 2.05) is 0 Å². The average molecular weight is 293 g/mol. The predicted molar refractivity (Wildman–Crippen MR) is 70.1 cm³/mol. The number of nitrogens with zero attached hydrogens (tertiary/aromatic N) is 3. The summed E-state index contributed by atoms with van der Waals surface area (Å²) in [6, 6.07) is 2.44. The van der Waals surface area contributed by atoms with Crippen LogP contribution in [0, 0.1) is 11.6 Å². The smallest absolute Gasteiger partial charge is 0.181 e. The molecule has 0 saturated heterocycles. The van der Waals surface area contributed by atoms with Crippen molar-refractivity contribution in [2.45, 2.75) is 16.5 Å². The van der Waals surface area contributed by atoms with Crippen LogP contribution in [-0.2, 0) is 6.54 Å². The fraction of sp³-hybridized carbons (Fsp3) is 0.0833. The first-order chi connectivity index (χ1) is 9.69. The Kier molecular flexibility index (Phi) is 3.33. The van der Waals surface area contributed by atoms with E-state index in [1.54, 1.807) is 0 Å². The van der Waals surface area contributed by atoms with Gasteiger partial charge in [-0.1, -0.05) is 11.8 Å². The molecule has 0 fully saturated rings. The lowest BCUT2D eigenvalue weighted by molar-refractivity contribution is 0.537. The molecule has 8 heteroatoms. The molecule has 3 N–H and O–H groups in total. The van der Waals surface area contributed by atoms with Gasteiger partial charge in [0.2, 0.25) is 0 Å². The fourth-order valence-electron chi connectivity index (χ4n) is 1.74. The Labute approximate surface area is 116 Å². The molecule has 0 radical (unpaired) electrons. The predicted octanol–water partition coefficient (Wildman–Crippen LogP) is 2.24. The van der Waals surface area contributed by atoms with Crippen molar-refractivity contribution >= 4 is 22.9 Å². The molecule has 0 aliphatic carbocycles. The second-order valence-electron chi connectivity index (χ2n) is 3.97. The summed E-state index contributed by atoms with van der Waals surface area (Å²) in [4.78, 5) is 14.7. The van der Waals surface area contributed by atoms with Crippen LogP contribution < -0.4 is 5.73 Å². The summed E-state index contributed by atoms with van der Waals surface area (Å²) in [6.45, 7) is 0.0804. The monoisotopic (exact) mass is 293 g/mol. The highest BCUT2D eigenvalue weighted by Gasteiger charge is 2.15. The molecule has 1 aromatic carbocycles. The standard InChI is InChI=1S/C12H9F2N5S/c13-7-1-6(3-15)2-8(14)10(7)20-12-9-11(17-4-16-9)18-5-19-12/h1-2,4-5H,3,15H2,(H,16,17,18,19). The molecular formula is C12H9F2N5S. The highest BCUT2D eigenvalue weighted by atomic mass is 32.2. The normalized spacial score (nSPS) is 11.2. The maximum atomic E-state index is 13.9. The number of nitrogens with two attached hydrogens (primary N) is 1. The molecule has 0 amide bonds. The van der Waals surface area contributed by atoms with E-state index < -0.39 is 11.6 Å². The summed E-state index contributed by atoms with van der Waals surface area (Å²) in [6.07, 6.45) is 2.75. The summed E-state index contributed by atoms with van der Waals surface area (Å²) in [5, 5.41) is 0.408. The van der Waals surface area contributed by atoms with Gasteiger partial charge in [-0.15, -0.1) is 0 Å². The van der Waals surface area contributed by atoms with Crippen molar-refractivity contribution in [3.05, 3.63) is 42.0 Å². The van der Waals surface area contributed by atoms with Crippen molar-refractivity contribution in [1.82, 2.24) is 19.9 Å². The van der Waals surface area contributed by atoms with E-state index >= 15 is 0 Å². The summed E-state index contributed by atoms with van der Waals surface area (Å²) < 4.78 is 27.8. The number of benzene rings is 1. The lowest BCUT2D eigenvalue weighted by Gasteiger charge is -2.06. The molecule has 0 aliphatic heterocycles. The zero-order valence-corrected chi connectivity index (χ0v) is 10.9. The minimum atomic E-state index is -0.665. The molecule has 0 atom stereocenters. The van der Waals surface area contributed by atoms with E-state index in [0.29, 0.717) is 21.8 Å². The highest BCUT2D eigenvalue weighted by molar-refractivity contribution is 7.99. The topological polar surface area (TPSA) is 80.5 Å². The maximum absolute atomic E-state index is 13.9. The first kappa shape index (κ1) is 12.9. The van der Waals surface area contributed by atoms with Crippen molar-refractivity contribution in [3.8, 4) is 0 Å². The molecule has 2 aromatic heterocycles. The van der Waals surface area contributed by atoms with Crippen LogP contribution in [0.5, 0.6) is 0 Å². The number of aromatic nitrogens is 4. The van der Waals surface area contributed by atoms with Crippen LogP contribution in [0.25, 0.3) is 11.2 Å². The molecule has 0 spiro atoms. The van der Waals surface area contributed by atoms with Gasteiger partial charge in [0.25, 0.3) is 0 Å². The van der Waals surface area contributed by atoms with Gasteiger partial charge >= 0.3 is 0 Å². The average Bonchev–Trinajstić information content (AvgIpc) is 2.91. The Morgan fingerprint density at radius 1 is 1.15 bits per heavy atom. The Morgan fingerprint density at radius 3 is 2.60 bits per heavy atom. The summed E-state index contributed by atoms with van der Waals surface area (Å²) >= 11 is 0.881.